The van der Waals surface area contributed by atoms with Gasteiger partial charge in [-0.25, -0.2) is 4.79 Å². The summed E-state index contributed by atoms with van der Waals surface area (Å²) < 4.78 is 21.4. The Hall–Kier alpha value is -3.19. The first-order chi connectivity index (χ1) is 13.5. The molecule has 1 aliphatic heterocycles. The van der Waals surface area contributed by atoms with Gasteiger partial charge in [0.2, 0.25) is 0 Å². The number of methoxy groups -OCH3 is 3. The predicted molar refractivity (Wildman–Crippen MR) is 102 cm³/mol. The number of hydrogen-bond donors (Lipinski definition) is 2. The van der Waals surface area contributed by atoms with Crippen LogP contribution in [0.15, 0.2) is 36.4 Å². The smallest absolute Gasteiger partial charge is 0.330 e. The minimum Gasteiger partial charge on any atom is -0.504 e. The molecule has 2 atom stereocenters. The standard InChI is InChI=1S/C21H22O7/c1-25-17-10-13(5-6-16(17)23)20-15(11-22)14-8-12(4-7-19(24)27-3)9-18(26-2)21(14)28-20/h4-10,15,20,22-23H,11H2,1-3H3/b7-4-/t15-,20-/m0/s1. The van der Waals surface area contributed by atoms with Crippen LogP contribution in [0.3, 0.4) is 0 Å². The lowest BCUT2D eigenvalue weighted by molar-refractivity contribution is -0.134. The number of phenols is 1. The van der Waals surface area contributed by atoms with Gasteiger partial charge >= 0.3 is 5.97 Å². The molecule has 0 saturated heterocycles. The van der Waals surface area contributed by atoms with E-state index in [4.69, 9.17) is 14.2 Å². The molecule has 0 saturated carbocycles. The number of benzene rings is 2. The Morgan fingerprint density at radius 2 is 1.89 bits per heavy atom. The van der Waals surface area contributed by atoms with Crippen LogP contribution in [0.2, 0.25) is 0 Å². The third-order valence-corrected chi connectivity index (χ3v) is 4.68. The van der Waals surface area contributed by atoms with E-state index in [-0.39, 0.29) is 18.3 Å². The van der Waals surface area contributed by atoms with Crippen molar-refractivity contribution in [2.75, 3.05) is 27.9 Å². The number of hydrogen-bond acceptors (Lipinski definition) is 7. The van der Waals surface area contributed by atoms with Gasteiger partial charge in [-0.1, -0.05) is 6.07 Å². The first kappa shape index (κ1) is 19.6. The van der Waals surface area contributed by atoms with E-state index in [2.05, 4.69) is 4.74 Å². The van der Waals surface area contributed by atoms with E-state index in [0.29, 0.717) is 22.8 Å². The number of rotatable bonds is 6. The van der Waals surface area contributed by atoms with Gasteiger partial charge in [0.1, 0.15) is 6.10 Å². The van der Waals surface area contributed by atoms with Gasteiger partial charge in [0.25, 0.3) is 0 Å². The molecule has 2 aromatic carbocycles. The van der Waals surface area contributed by atoms with Crippen molar-refractivity contribution >= 4 is 12.0 Å². The maximum atomic E-state index is 11.4. The van der Waals surface area contributed by atoms with E-state index >= 15 is 0 Å². The van der Waals surface area contributed by atoms with E-state index in [1.54, 1.807) is 24.3 Å². The fraction of sp³-hybridized carbons (Fsp3) is 0.286. The summed E-state index contributed by atoms with van der Waals surface area (Å²) in [4.78, 5) is 11.4. The number of carbonyl (C=O) groups is 1. The van der Waals surface area contributed by atoms with Crippen LogP contribution < -0.4 is 14.2 Å². The van der Waals surface area contributed by atoms with Crippen molar-refractivity contribution in [3.8, 4) is 23.0 Å². The largest absolute Gasteiger partial charge is 0.504 e. The molecular weight excluding hydrogens is 364 g/mol. The highest BCUT2D eigenvalue weighted by Gasteiger charge is 2.37. The van der Waals surface area contributed by atoms with Crippen LogP contribution in [0.1, 0.15) is 28.7 Å². The van der Waals surface area contributed by atoms with Crippen molar-refractivity contribution in [3.05, 3.63) is 53.1 Å². The summed E-state index contributed by atoms with van der Waals surface area (Å²) in [5.41, 5.74) is 2.23. The number of fused-ring (bicyclic) bond motifs is 1. The van der Waals surface area contributed by atoms with Gasteiger partial charge in [-0.15, -0.1) is 0 Å². The maximum Gasteiger partial charge on any atom is 0.330 e. The van der Waals surface area contributed by atoms with Crippen LogP contribution in [0.5, 0.6) is 23.0 Å². The number of aliphatic hydroxyl groups is 1. The summed E-state index contributed by atoms with van der Waals surface area (Å²) in [6.07, 6.45) is 2.44. The topological polar surface area (TPSA) is 94.5 Å². The molecule has 1 heterocycles. The van der Waals surface area contributed by atoms with Crippen molar-refractivity contribution in [3.63, 3.8) is 0 Å². The maximum absolute atomic E-state index is 11.4. The Kier molecular flexibility index (Phi) is 5.75. The van der Waals surface area contributed by atoms with Gasteiger partial charge < -0.3 is 29.2 Å². The molecular formula is C21H22O7. The molecule has 0 radical (unpaired) electrons. The third-order valence-electron chi connectivity index (χ3n) is 4.68. The average Bonchev–Trinajstić information content (AvgIpc) is 3.10. The van der Waals surface area contributed by atoms with Gasteiger partial charge in [-0.2, -0.15) is 0 Å². The summed E-state index contributed by atoms with van der Waals surface area (Å²) in [7, 11) is 4.30. The highest BCUT2D eigenvalue weighted by molar-refractivity contribution is 5.87. The second kappa shape index (κ2) is 8.22. The van der Waals surface area contributed by atoms with Gasteiger partial charge in [-0.05, 0) is 41.5 Å². The number of ether oxygens (including phenoxy) is 4. The molecule has 0 aromatic heterocycles. The molecule has 2 N–H and O–H groups in total. The number of esters is 1. The summed E-state index contributed by atoms with van der Waals surface area (Å²) >= 11 is 0. The van der Waals surface area contributed by atoms with Gasteiger partial charge in [0.15, 0.2) is 23.0 Å². The van der Waals surface area contributed by atoms with E-state index in [1.165, 1.54) is 33.5 Å². The number of carbonyl (C=O) groups excluding carboxylic acids is 1. The van der Waals surface area contributed by atoms with E-state index in [9.17, 15) is 15.0 Å². The second-order valence-corrected chi connectivity index (χ2v) is 6.26. The van der Waals surface area contributed by atoms with Gasteiger partial charge in [-0.3, -0.25) is 0 Å². The molecule has 0 unspecified atom stereocenters. The molecule has 0 bridgehead atoms. The lowest BCUT2D eigenvalue weighted by atomic mass is 9.90. The Morgan fingerprint density at radius 1 is 1.14 bits per heavy atom. The molecule has 2 aromatic rings. The fourth-order valence-corrected chi connectivity index (χ4v) is 3.27. The van der Waals surface area contributed by atoms with Crippen LogP contribution in [0, 0.1) is 0 Å². The Balaban J connectivity index is 2.02. The second-order valence-electron chi connectivity index (χ2n) is 6.26. The minimum absolute atomic E-state index is 0.0233. The summed E-state index contributed by atoms with van der Waals surface area (Å²) in [6.45, 7) is -0.159. The molecule has 0 fully saturated rings. The summed E-state index contributed by atoms with van der Waals surface area (Å²) in [5.74, 6) is 0.549. The van der Waals surface area contributed by atoms with Crippen molar-refractivity contribution in [1.82, 2.24) is 0 Å². The highest BCUT2D eigenvalue weighted by Crippen LogP contribution is 2.51. The zero-order valence-electron chi connectivity index (χ0n) is 15.8. The Morgan fingerprint density at radius 3 is 2.54 bits per heavy atom. The quantitative estimate of drug-likeness (QED) is 0.582. The van der Waals surface area contributed by atoms with Crippen LogP contribution in [0.4, 0.5) is 0 Å². The van der Waals surface area contributed by atoms with Gasteiger partial charge in [0.05, 0.1) is 33.9 Å². The van der Waals surface area contributed by atoms with Crippen molar-refractivity contribution in [1.29, 1.82) is 0 Å². The first-order valence-electron chi connectivity index (χ1n) is 8.64. The third kappa shape index (κ3) is 3.61. The van der Waals surface area contributed by atoms with E-state index < -0.39 is 12.1 Å². The molecule has 0 spiro atoms. The zero-order chi connectivity index (χ0) is 20.3. The van der Waals surface area contributed by atoms with Gasteiger partial charge in [0, 0.05) is 11.6 Å². The fourth-order valence-electron chi connectivity index (χ4n) is 3.27. The van der Waals surface area contributed by atoms with Crippen molar-refractivity contribution in [2.24, 2.45) is 0 Å². The first-order valence-corrected chi connectivity index (χ1v) is 8.64. The molecule has 7 heteroatoms. The van der Waals surface area contributed by atoms with E-state index in [0.717, 1.165) is 11.1 Å². The summed E-state index contributed by atoms with van der Waals surface area (Å²) in [6, 6.07) is 8.51. The molecule has 3 rings (SSSR count). The average molecular weight is 386 g/mol. The lowest BCUT2D eigenvalue weighted by Gasteiger charge is -2.18. The lowest BCUT2D eigenvalue weighted by Crippen LogP contribution is -2.13. The molecule has 148 valence electrons. The highest BCUT2D eigenvalue weighted by atomic mass is 16.5. The molecule has 0 aliphatic carbocycles. The predicted octanol–water partition coefficient (Wildman–Crippen LogP) is 2.81. The SMILES string of the molecule is COC(=O)/C=C\c1cc(OC)c2c(c1)[C@H](CO)[C@H](c1ccc(O)c(OC)c1)O2. The van der Waals surface area contributed by atoms with Crippen LogP contribution >= 0.6 is 0 Å². The summed E-state index contributed by atoms with van der Waals surface area (Å²) in [5, 5.41) is 19.9. The molecule has 7 nitrogen and oxygen atoms in total. The van der Waals surface area contributed by atoms with Crippen LogP contribution in [-0.4, -0.2) is 44.1 Å². The van der Waals surface area contributed by atoms with Crippen LogP contribution in [0.25, 0.3) is 6.08 Å². The Bertz CT molecular complexity index is 904. The van der Waals surface area contributed by atoms with Crippen molar-refractivity contribution in [2.45, 2.75) is 12.0 Å². The number of aliphatic hydroxyl groups excluding tert-OH is 1. The van der Waals surface area contributed by atoms with Crippen molar-refractivity contribution < 1.29 is 34.0 Å². The number of phenolic OH excluding ortho intramolecular Hbond substituents is 1. The number of aromatic hydroxyl groups is 1. The van der Waals surface area contributed by atoms with Crippen LogP contribution in [-0.2, 0) is 9.53 Å². The normalized spacial score (nSPS) is 17.9. The molecule has 0 amide bonds. The minimum atomic E-state index is -0.483. The zero-order valence-corrected chi connectivity index (χ0v) is 15.8. The molecule has 28 heavy (non-hydrogen) atoms. The monoisotopic (exact) mass is 386 g/mol. The van der Waals surface area contributed by atoms with E-state index in [1.807, 2.05) is 6.07 Å². The Labute approximate surface area is 162 Å². The molecule has 1 aliphatic rings.